The average Bonchev–Trinajstić information content (AvgIpc) is 2.99. The van der Waals surface area contributed by atoms with E-state index in [2.05, 4.69) is 20.6 Å². The van der Waals surface area contributed by atoms with E-state index in [4.69, 9.17) is 17.3 Å². The van der Waals surface area contributed by atoms with E-state index in [-0.39, 0.29) is 0 Å². The Labute approximate surface area is 112 Å². The van der Waals surface area contributed by atoms with Gasteiger partial charge in [-0.2, -0.15) is 5.21 Å². The number of benzene rings is 1. The summed E-state index contributed by atoms with van der Waals surface area (Å²) in [4.78, 5) is 0.781. The lowest BCUT2D eigenvalue weighted by molar-refractivity contribution is 0.881. The number of nitrogens with one attached hydrogen (secondary N) is 1. The zero-order chi connectivity index (χ0) is 12.5. The Hall–Kier alpha value is -1.92. The number of aromatic amines is 1. The Morgan fingerprint density at radius 1 is 1.22 bits per heavy atom. The number of tetrazole rings is 1. The van der Waals surface area contributed by atoms with Gasteiger partial charge in [-0.1, -0.05) is 29.8 Å². The maximum Gasteiger partial charge on any atom is 0.216 e. The Bertz CT molecular complexity index is 677. The van der Waals surface area contributed by atoms with Crippen molar-refractivity contribution in [2.45, 2.75) is 0 Å². The van der Waals surface area contributed by atoms with Crippen molar-refractivity contribution in [3.63, 3.8) is 0 Å². The summed E-state index contributed by atoms with van der Waals surface area (Å²) in [6, 6.07) is 7.59. The van der Waals surface area contributed by atoms with E-state index >= 15 is 0 Å². The number of H-pyrrole nitrogens is 1. The maximum atomic E-state index is 6.36. The number of halogens is 1. The molecule has 0 atom stereocenters. The molecule has 0 aliphatic rings. The molecule has 7 heteroatoms. The van der Waals surface area contributed by atoms with Crippen molar-refractivity contribution in [1.82, 2.24) is 20.6 Å². The summed E-state index contributed by atoms with van der Waals surface area (Å²) >= 11 is 7.82. The minimum Gasteiger partial charge on any atom is -0.398 e. The van der Waals surface area contributed by atoms with Crippen LogP contribution in [0, 0.1) is 0 Å². The van der Waals surface area contributed by atoms with Crippen LogP contribution in [-0.4, -0.2) is 20.6 Å². The molecule has 2 heterocycles. The van der Waals surface area contributed by atoms with E-state index < -0.39 is 0 Å². The van der Waals surface area contributed by atoms with Gasteiger partial charge in [0, 0.05) is 22.2 Å². The topological polar surface area (TPSA) is 80.5 Å². The second-order valence-electron chi connectivity index (χ2n) is 3.62. The first-order valence-corrected chi connectivity index (χ1v) is 6.39. The Morgan fingerprint density at radius 3 is 2.78 bits per heavy atom. The van der Waals surface area contributed by atoms with Gasteiger partial charge >= 0.3 is 0 Å². The molecule has 90 valence electrons. The minimum absolute atomic E-state index is 0.491. The third kappa shape index (κ3) is 1.75. The number of hydrogen-bond donors (Lipinski definition) is 2. The average molecular weight is 278 g/mol. The molecular formula is C11H8ClN5S. The summed E-state index contributed by atoms with van der Waals surface area (Å²) < 4.78 is 0. The van der Waals surface area contributed by atoms with Crippen LogP contribution in [0.15, 0.2) is 29.6 Å². The second kappa shape index (κ2) is 4.40. The Balaban J connectivity index is 2.14. The van der Waals surface area contributed by atoms with Crippen molar-refractivity contribution < 1.29 is 0 Å². The van der Waals surface area contributed by atoms with Crippen molar-refractivity contribution in [1.29, 1.82) is 0 Å². The summed E-state index contributed by atoms with van der Waals surface area (Å²) in [5.74, 6) is 0.491. The van der Waals surface area contributed by atoms with Gasteiger partial charge < -0.3 is 5.73 Å². The largest absolute Gasteiger partial charge is 0.398 e. The van der Waals surface area contributed by atoms with Gasteiger partial charge in [-0.25, -0.2) is 0 Å². The summed E-state index contributed by atoms with van der Waals surface area (Å²) in [6.07, 6.45) is 0. The number of rotatable bonds is 2. The van der Waals surface area contributed by atoms with Crippen LogP contribution >= 0.6 is 22.9 Å². The van der Waals surface area contributed by atoms with Crippen LogP contribution in [0.3, 0.4) is 0 Å². The van der Waals surface area contributed by atoms with E-state index in [1.807, 2.05) is 29.6 Å². The highest BCUT2D eigenvalue weighted by Crippen LogP contribution is 2.41. The minimum atomic E-state index is 0.491. The monoisotopic (exact) mass is 277 g/mol. The third-order valence-corrected chi connectivity index (χ3v) is 4.01. The molecule has 0 saturated heterocycles. The van der Waals surface area contributed by atoms with Crippen LogP contribution in [0.25, 0.3) is 21.8 Å². The van der Waals surface area contributed by atoms with E-state index in [1.165, 1.54) is 11.3 Å². The number of para-hydroxylation sites is 1. The van der Waals surface area contributed by atoms with Gasteiger partial charge in [0.25, 0.3) is 0 Å². The molecule has 0 bridgehead atoms. The molecule has 0 radical (unpaired) electrons. The molecule has 0 spiro atoms. The molecule has 0 fully saturated rings. The quantitative estimate of drug-likeness (QED) is 0.706. The molecular weight excluding hydrogens is 270 g/mol. The fraction of sp³-hybridized carbons (Fsp3) is 0. The van der Waals surface area contributed by atoms with Crippen LogP contribution in [0.5, 0.6) is 0 Å². The number of hydrogen-bond acceptors (Lipinski definition) is 5. The Kier molecular flexibility index (Phi) is 2.73. The van der Waals surface area contributed by atoms with Crippen molar-refractivity contribution in [2.75, 3.05) is 5.73 Å². The van der Waals surface area contributed by atoms with Gasteiger partial charge in [0.05, 0.1) is 9.90 Å². The van der Waals surface area contributed by atoms with E-state index in [0.29, 0.717) is 16.5 Å². The fourth-order valence-electron chi connectivity index (χ4n) is 1.68. The maximum absolute atomic E-state index is 6.36. The van der Waals surface area contributed by atoms with Crippen molar-refractivity contribution >= 4 is 28.6 Å². The lowest BCUT2D eigenvalue weighted by Crippen LogP contribution is -1.88. The normalized spacial score (nSPS) is 10.7. The third-order valence-electron chi connectivity index (χ3n) is 2.53. The summed E-state index contributed by atoms with van der Waals surface area (Å²) in [7, 11) is 0. The molecule has 0 aliphatic heterocycles. The number of nitrogen functional groups attached to an aromatic ring is 1. The molecule has 3 N–H and O–H groups in total. The van der Waals surface area contributed by atoms with Gasteiger partial charge in [0.2, 0.25) is 5.82 Å². The highest BCUT2D eigenvalue weighted by molar-refractivity contribution is 7.14. The number of anilines is 1. The van der Waals surface area contributed by atoms with E-state index in [1.54, 1.807) is 0 Å². The molecule has 3 aromatic rings. The SMILES string of the molecule is Nc1ccccc1-c1csc(-c2nn[nH]n2)c1Cl. The molecule has 0 unspecified atom stereocenters. The van der Waals surface area contributed by atoms with Crippen LogP contribution in [0.1, 0.15) is 0 Å². The van der Waals surface area contributed by atoms with Crippen LogP contribution in [0.2, 0.25) is 5.02 Å². The molecule has 2 aromatic heterocycles. The Morgan fingerprint density at radius 2 is 2.06 bits per heavy atom. The van der Waals surface area contributed by atoms with Crippen LogP contribution in [-0.2, 0) is 0 Å². The van der Waals surface area contributed by atoms with Crippen molar-refractivity contribution in [2.24, 2.45) is 0 Å². The van der Waals surface area contributed by atoms with Gasteiger partial charge in [0.1, 0.15) is 0 Å². The summed E-state index contributed by atoms with van der Waals surface area (Å²) in [5.41, 5.74) is 8.44. The molecule has 18 heavy (non-hydrogen) atoms. The van der Waals surface area contributed by atoms with Crippen LogP contribution < -0.4 is 5.73 Å². The zero-order valence-electron chi connectivity index (χ0n) is 9.09. The molecule has 0 saturated carbocycles. The molecule has 1 aromatic carbocycles. The van der Waals surface area contributed by atoms with Crippen molar-refractivity contribution in [3.8, 4) is 21.8 Å². The first-order valence-electron chi connectivity index (χ1n) is 5.13. The molecule has 0 amide bonds. The number of thiophene rings is 1. The summed E-state index contributed by atoms with van der Waals surface area (Å²) in [5, 5.41) is 16.3. The van der Waals surface area contributed by atoms with E-state index in [0.717, 1.165) is 16.0 Å². The molecule has 3 rings (SSSR count). The van der Waals surface area contributed by atoms with Crippen LogP contribution in [0.4, 0.5) is 5.69 Å². The molecule has 0 aliphatic carbocycles. The van der Waals surface area contributed by atoms with Gasteiger partial charge in [-0.3, -0.25) is 0 Å². The smallest absolute Gasteiger partial charge is 0.216 e. The van der Waals surface area contributed by atoms with Gasteiger partial charge in [-0.05, 0) is 11.3 Å². The summed E-state index contributed by atoms with van der Waals surface area (Å²) in [6.45, 7) is 0. The predicted molar refractivity (Wildman–Crippen MR) is 72.3 cm³/mol. The van der Waals surface area contributed by atoms with E-state index in [9.17, 15) is 0 Å². The lowest BCUT2D eigenvalue weighted by Gasteiger charge is -2.03. The highest BCUT2D eigenvalue weighted by Gasteiger charge is 2.16. The molecule has 5 nitrogen and oxygen atoms in total. The van der Waals surface area contributed by atoms with Crippen molar-refractivity contribution in [3.05, 3.63) is 34.7 Å². The number of aromatic nitrogens is 4. The predicted octanol–water partition coefficient (Wildman–Crippen LogP) is 2.83. The van der Waals surface area contributed by atoms with Gasteiger partial charge in [0.15, 0.2) is 0 Å². The standard InChI is InChI=1S/C11H8ClN5S/c12-9-7(6-3-1-2-4-8(6)13)5-18-10(9)11-14-16-17-15-11/h1-5H,13H2,(H,14,15,16,17). The highest BCUT2D eigenvalue weighted by atomic mass is 35.5. The zero-order valence-corrected chi connectivity index (χ0v) is 10.7. The second-order valence-corrected chi connectivity index (χ2v) is 4.87. The first-order chi connectivity index (χ1) is 8.77. The number of nitrogens with zero attached hydrogens (tertiary/aromatic N) is 3. The fourth-order valence-corrected chi connectivity index (χ4v) is 3.00. The lowest BCUT2D eigenvalue weighted by atomic mass is 10.1. The number of nitrogens with two attached hydrogens (primary N) is 1. The van der Waals surface area contributed by atoms with Gasteiger partial charge in [-0.15, -0.1) is 21.5 Å². The first kappa shape index (κ1) is 11.2.